The number of Topliss-reactive ketones (excluding diaryl/α,β-unsaturated/α-hetero) is 1. The van der Waals surface area contributed by atoms with E-state index in [0.717, 1.165) is 5.69 Å². The van der Waals surface area contributed by atoms with Gasteiger partial charge < -0.3 is 15.0 Å². The number of imidazole rings is 1. The summed E-state index contributed by atoms with van der Waals surface area (Å²) in [6, 6.07) is 12.9. The normalized spacial score (nSPS) is 11.6. The highest BCUT2D eigenvalue weighted by atomic mass is 16.5. The Kier molecular flexibility index (Phi) is 5.96. The molecule has 0 fully saturated rings. The number of nitrogens with zero attached hydrogens (tertiary/aromatic N) is 1. The van der Waals surface area contributed by atoms with Crippen LogP contribution in [0.5, 0.6) is 0 Å². The van der Waals surface area contributed by atoms with Gasteiger partial charge in [-0.05, 0) is 57.2 Å². The van der Waals surface area contributed by atoms with Crippen molar-refractivity contribution in [3.63, 3.8) is 0 Å². The van der Waals surface area contributed by atoms with Crippen molar-refractivity contribution in [3.05, 3.63) is 82.0 Å². The van der Waals surface area contributed by atoms with Crippen molar-refractivity contribution in [1.29, 1.82) is 0 Å². The van der Waals surface area contributed by atoms with Crippen LogP contribution in [0.25, 0.3) is 5.69 Å². The largest absolute Gasteiger partial charge is 0.449 e. The van der Waals surface area contributed by atoms with E-state index in [2.05, 4.69) is 10.3 Å². The van der Waals surface area contributed by atoms with Crippen molar-refractivity contribution in [2.24, 2.45) is 0 Å². The van der Waals surface area contributed by atoms with E-state index in [-0.39, 0.29) is 17.0 Å². The van der Waals surface area contributed by atoms with Gasteiger partial charge in [-0.25, -0.2) is 9.59 Å². The maximum atomic E-state index is 12.4. The second-order valence-corrected chi connectivity index (χ2v) is 6.76. The van der Waals surface area contributed by atoms with Crippen molar-refractivity contribution in [2.75, 3.05) is 5.32 Å². The zero-order valence-electron chi connectivity index (χ0n) is 16.8. The molecule has 1 atom stereocenters. The lowest BCUT2D eigenvalue weighted by molar-refractivity contribution is -0.123. The highest BCUT2D eigenvalue weighted by molar-refractivity contribution is 6.05. The van der Waals surface area contributed by atoms with Gasteiger partial charge in [-0.1, -0.05) is 12.1 Å². The average molecular weight is 407 g/mol. The molecule has 0 saturated carbocycles. The fourth-order valence-corrected chi connectivity index (χ4v) is 2.94. The summed E-state index contributed by atoms with van der Waals surface area (Å²) < 4.78 is 6.71. The summed E-state index contributed by atoms with van der Waals surface area (Å²) in [6.07, 6.45) is 0.515. The van der Waals surface area contributed by atoms with E-state index in [1.165, 1.54) is 30.5 Å². The molecule has 0 aliphatic carbocycles. The van der Waals surface area contributed by atoms with Gasteiger partial charge in [0.1, 0.15) is 0 Å². The first-order valence-electron chi connectivity index (χ1n) is 9.27. The van der Waals surface area contributed by atoms with Crippen LogP contribution in [-0.2, 0) is 9.53 Å². The number of H-pyrrole nitrogens is 1. The van der Waals surface area contributed by atoms with Gasteiger partial charge >= 0.3 is 11.7 Å². The molecule has 0 aliphatic heterocycles. The van der Waals surface area contributed by atoms with E-state index in [0.29, 0.717) is 16.9 Å². The van der Waals surface area contributed by atoms with Gasteiger partial charge in [0.05, 0.1) is 16.9 Å². The summed E-state index contributed by atoms with van der Waals surface area (Å²) in [6.45, 7) is 4.63. The number of carbonyl (C=O) groups is 3. The van der Waals surface area contributed by atoms with Crippen molar-refractivity contribution in [1.82, 2.24) is 9.55 Å². The predicted molar refractivity (Wildman–Crippen MR) is 111 cm³/mol. The fraction of sp³-hybridized carbons (Fsp3) is 0.182. The molecule has 1 amide bonds. The molecule has 2 N–H and O–H groups in total. The molecule has 0 aliphatic rings. The number of ketones is 1. The Labute approximate surface area is 172 Å². The van der Waals surface area contributed by atoms with Crippen LogP contribution in [-0.4, -0.2) is 33.3 Å². The number of benzene rings is 2. The topological polar surface area (TPSA) is 110 Å². The molecule has 3 aromatic rings. The van der Waals surface area contributed by atoms with Crippen LogP contribution in [0.1, 0.15) is 40.3 Å². The van der Waals surface area contributed by atoms with Crippen LogP contribution in [0.4, 0.5) is 5.69 Å². The molecule has 0 saturated heterocycles. The number of para-hydroxylation sites is 1. The number of rotatable bonds is 6. The van der Waals surface area contributed by atoms with E-state index in [1.54, 1.807) is 49.5 Å². The van der Waals surface area contributed by atoms with Crippen molar-refractivity contribution in [2.45, 2.75) is 26.9 Å². The third-order valence-electron chi connectivity index (χ3n) is 4.54. The Hall–Kier alpha value is -3.94. The Balaban J connectivity index is 1.68. The third-order valence-corrected chi connectivity index (χ3v) is 4.54. The smallest absolute Gasteiger partial charge is 0.338 e. The summed E-state index contributed by atoms with van der Waals surface area (Å²) in [5, 5.41) is 2.61. The zero-order valence-corrected chi connectivity index (χ0v) is 16.8. The zero-order chi connectivity index (χ0) is 21.8. The highest BCUT2D eigenvalue weighted by Gasteiger charge is 2.20. The molecule has 2 aromatic carbocycles. The lowest BCUT2D eigenvalue weighted by Gasteiger charge is -2.15. The lowest BCUT2D eigenvalue weighted by atomic mass is 10.1. The maximum Gasteiger partial charge on any atom is 0.338 e. The third kappa shape index (κ3) is 4.38. The number of carbonyl (C=O) groups excluding carboxylic acids is 3. The minimum atomic E-state index is -1.08. The number of nitrogens with one attached hydrogen (secondary N) is 2. The molecule has 8 nitrogen and oxygen atoms in total. The molecule has 154 valence electrons. The number of amides is 1. The number of hydrogen-bond acceptors (Lipinski definition) is 5. The van der Waals surface area contributed by atoms with Crippen LogP contribution in [0.3, 0.4) is 0 Å². The summed E-state index contributed by atoms with van der Waals surface area (Å²) in [5.41, 5.74) is 2.01. The van der Waals surface area contributed by atoms with Gasteiger partial charge in [-0.3, -0.25) is 14.2 Å². The lowest BCUT2D eigenvalue weighted by Crippen LogP contribution is -2.30. The van der Waals surface area contributed by atoms with E-state index in [9.17, 15) is 19.2 Å². The number of esters is 1. The van der Waals surface area contributed by atoms with Gasteiger partial charge in [-0.15, -0.1) is 0 Å². The molecule has 1 heterocycles. The van der Waals surface area contributed by atoms with E-state index < -0.39 is 18.0 Å². The van der Waals surface area contributed by atoms with Crippen molar-refractivity contribution >= 4 is 23.3 Å². The summed E-state index contributed by atoms with van der Waals surface area (Å²) in [5.74, 6) is -1.42. The summed E-state index contributed by atoms with van der Waals surface area (Å²) >= 11 is 0. The van der Waals surface area contributed by atoms with Gasteiger partial charge in [0.15, 0.2) is 11.9 Å². The minimum absolute atomic E-state index is 0.188. The highest BCUT2D eigenvalue weighted by Crippen LogP contribution is 2.17. The summed E-state index contributed by atoms with van der Waals surface area (Å²) in [4.78, 5) is 50.9. The first kappa shape index (κ1) is 20.8. The van der Waals surface area contributed by atoms with E-state index in [1.807, 2.05) is 0 Å². The van der Waals surface area contributed by atoms with Gasteiger partial charge in [0.2, 0.25) is 0 Å². The molecular formula is C22H21N3O5. The second-order valence-electron chi connectivity index (χ2n) is 6.76. The molecule has 30 heavy (non-hydrogen) atoms. The molecule has 0 radical (unpaired) electrons. The fourth-order valence-electron chi connectivity index (χ4n) is 2.94. The van der Waals surface area contributed by atoms with Crippen LogP contribution in [0.2, 0.25) is 0 Å². The van der Waals surface area contributed by atoms with Crippen LogP contribution >= 0.6 is 0 Å². The Morgan fingerprint density at radius 1 is 1.07 bits per heavy atom. The molecule has 0 bridgehead atoms. The standard InChI is InChI=1S/C22H21N3O5/c1-13-12-23-22(29)25(13)17-10-8-16(9-11-17)21(28)30-15(3)20(27)24-19-7-5-4-6-18(19)14(2)26/h4-12,15H,1-3H3,(H,23,29)(H,24,27). The average Bonchev–Trinajstić information content (AvgIpc) is 3.06. The number of ether oxygens (including phenoxy) is 1. The monoisotopic (exact) mass is 407 g/mol. The Morgan fingerprint density at radius 2 is 1.73 bits per heavy atom. The van der Waals surface area contributed by atoms with Gasteiger partial charge in [-0.2, -0.15) is 0 Å². The second kappa shape index (κ2) is 8.60. The van der Waals surface area contributed by atoms with Crippen LogP contribution in [0.15, 0.2) is 59.5 Å². The summed E-state index contributed by atoms with van der Waals surface area (Å²) in [7, 11) is 0. The van der Waals surface area contributed by atoms with Crippen molar-refractivity contribution in [3.8, 4) is 5.69 Å². The van der Waals surface area contributed by atoms with Crippen molar-refractivity contribution < 1.29 is 19.1 Å². The Bertz CT molecular complexity index is 1160. The first-order valence-corrected chi connectivity index (χ1v) is 9.27. The van der Waals surface area contributed by atoms with Gasteiger partial charge in [0.25, 0.3) is 5.91 Å². The molecule has 1 unspecified atom stereocenters. The van der Waals surface area contributed by atoms with E-state index in [4.69, 9.17) is 4.74 Å². The predicted octanol–water partition coefficient (Wildman–Crippen LogP) is 2.86. The Morgan fingerprint density at radius 3 is 2.33 bits per heavy atom. The number of aromatic nitrogens is 2. The number of anilines is 1. The number of hydrogen-bond donors (Lipinski definition) is 2. The molecule has 8 heteroatoms. The first-order chi connectivity index (χ1) is 14.3. The molecule has 0 spiro atoms. The minimum Gasteiger partial charge on any atom is -0.449 e. The molecular weight excluding hydrogens is 386 g/mol. The number of aromatic amines is 1. The van der Waals surface area contributed by atoms with Gasteiger partial charge in [0, 0.05) is 17.5 Å². The molecule has 3 rings (SSSR count). The SMILES string of the molecule is CC(=O)c1ccccc1NC(=O)C(C)OC(=O)c1ccc(-n2c(C)c[nH]c2=O)cc1. The number of aryl methyl sites for hydroxylation is 1. The quantitative estimate of drug-likeness (QED) is 0.482. The molecule has 1 aromatic heterocycles. The van der Waals surface area contributed by atoms with Crippen LogP contribution in [0, 0.1) is 6.92 Å². The van der Waals surface area contributed by atoms with E-state index >= 15 is 0 Å². The van der Waals surface area contributed by atoms with Crippen LogP contribution < -0.4 is 11.0 Å². The maximum absolute atomic E-state index is 12.4.